The summed E-state index contributed by atoms with van der Waals surface area (Å²) in [4.78, 5) is 26.1. The van der Waals surface area contributed by atoms with Crippen molar-refractivity contribution in [3.8, 4) is 11.3 Å². The monoisotopic (exact) mass is 386 g/mol. The van der Waals surface area contributed by atoms with E-state index in [1.807, 2.05) is 30.3 Å². The van der Waals surface area contributed by atoms with E-state index in [0.29, 0.717) is 30.8 Å². The molecule has 1 atom stereocenters. The summed E-state index contributed by atoms with van der Waals surface area (Å²) < 4.78 is 10.8. The van der Waals surface area contributed by atoms with Crippen LogP contribution in [0.25, 0.3) is 11.3 Å². The fraction of sp³-hybridized carbons (Fsp3) is 0.476. The number of carbonyl (C=O) groups excluding carboxylic acids is 1. The van der Waals surface area contributed by atoms with Crippen molar-refractivity contribution in [2.24, 2.45) is 5.41 Å². The van der Waals surface area contributed by atoms with E-state index in [4.69, 9.17) is 9.26 Å². The molecule has 1 saturated heterocycles. The Morgan fingerprint density at radius 1 is 1.29 bits per heavy atom. The molecule has 0 aliphatic carbocycles. The Kier molecular flexibility index (Phi) is 5.45. The second-order valence-electron chi connectivity index (χ2n) is 8.31. The Morgan fingerprint density at radius 2 is 2.00 bits per heavy atom. The lowest BCUT2D eigenvalue weighted by molar-refractivity contribution is -0.152. The van der Waals surface area contributed by atoms with Crippen LogP contribution in [0.5, 0.6) is 0 Å². The summed E-state index contributed by atoms with van der Waals surface area (Å²) in [6.45, 7) is 5.94. The van der Waals surface area contributed by atoms with Crippen LogP contribution in [0.3, 0.4) is 0 Å². The van der Waals surface area contributed by atoms with Crippen molar-refractivity contribution >= 4 is 12.1 Å². The average Bonchev–Trinajstić information content (AvgIpc) is 3.09. The van der Waals surface area contributed by atoms with Crippen LogP contribution in [0.1, 0.15) is 39.4 Å². The third-order valence-electron chi connectivity index (χ3n) is 4.82. The van der Waals surface area contributed by atoms with Crippen molar-refractivity contribution in [1.82, 2.24) is 10.1 Å². The van der Waals surface area contributed by atoms with E-state index < -0.39 is 23.1 Å². The van der Waals surface area contributed by atoms with Crippen molar-refractivity contribution in [2.75, 3.05) is 13.1 Å². The molecule has 1 amide bonds. The molecule has 1 fully saturated rings. The molecular formula is C21H26N2O5. The van der Waals surface area contributed by atoms with E-state index in [-0.39, 0.29) is 13.0 Å². The fourth-order valence-corrected chi connectivity index (χ4v) is 3.48. The standard InChI is InChI=1S/C21H26N2O5/c1-20(2,3)27-19(26)23-11-7-10-21(14-23,18(24)25)13-16-12-17(22-28-16)15-8-5-4-6-9-15/h4-6,8-9,12H,7,10-11,13-14H2,1-3H3,(H,24,25). The first-order valence-electron chi connectivity index (χ1n) is 9.41. The zero-order chi connectivity index (χ0) is 20.4. The third-order valence-corrected chi connectivity index (χ3v) is 4.82. The number of piperidine rings is 1. The van der Waals surface area contributed by atoms with Gasteiger partial charge in [-0.25, -0.2) is 4.79 Å². The van der Waals surface area contributed by atoms with Crippen LogP contribution in [0.4, 0.5) is 4.79 Å². The van der Waals surface area contributed by atoms with Gasteiger partial charge in [0.25, 0.3) is 0 Å². The molecule has 150 valence electrons. The number of aromatic nitrogens is 1. The smallest absolute Gasteiger partial charge is 0.410 e. The molecule has 2 heterocycles. The minimum absolute atomic E-state index is 0.0820. The number of carboxylic acids is 1. The summed E-state index contributed by atoms with van der Waals surface area (Å²) in [5, 5.41) is 14.0. The number of carbonyl (C=O) groups is 2. The number of hydrogen-bond acceptors (Lipinski definition) is 5. The van der Waals surface area contributed by atoms with Gasteiger partial charge in [-0.05, 0) is 33.6 Å². The van der Waals surface area contributed by atoms with Gasteiger partial charge in [0.1, 0.15) is 17.1 Å². The molecular weight excluding hydrogens is 360 g/mol. The molecule has 0 radical (unpaired) electrons. The molecule has 1 unspecified atom stereocenters. The van der Waals surface area contributed by atoms with Gasteiger partial charge in [0.15, 0.2) is 0 Å². The second-order valence-corrected chi connectivity index (χ2v) is 8.31. The Bertz CT molecular complexity index is 840. The van der Waals surface area contributed by atoms with Crippen LogP contribution in [-0.2, 0) is 16.0 Å². The van der Waals surface area contributed by atoms with E-state index in [0.717, 1.165) is 5.56 Å². The van der Waals surface area contributed by atoms with Gasteiger partial charge in [-0.2, -0.15) is 0 Å². The molecule has 1 aromatic heterocycles. The molecule has 3 rings (SSSR count). The van der Waals surface area contributed by atoms with Crippen LogP contribution in [-0.4, -0.2) is 45.9 Å². The normalized spacial score (nSPS) is 20.0. The zero-order valence-electron chi connectivity index (χ0n) is 16.5. The average molecular weight is 386 g/mol. The van der Waals surface area contributed by atoms with Crippen molar-refractivity contribution < 1.29 is 24.0 Å². The van der Waals surface area contributed by atoms with Crippen LogP contribution in [0, 0.1) is 5.41 Å². The zero-order valence-corrected chi connectivity index (χ0v) is 16.5. The summed E-state index contributed by atoms with van der Waals surface area (Å²) in [5.41, 5.74) is -0.185. The molecule has 0 saturated carbocycles. The van der Waals surface area contributed by atoms with Crippen LogP contribution in [0.2, 0.25) is 0 Å². The number of hydrogen-bond donors (Lipinski definition) is 1. The number of likely N-dealkylation sites (tertiary alicyclic amines) is 1. The summed E-state index contributed by atoms with van der Waals surface area (Å²) in [6, 6.07) is 11.3. The number of nitrogens with zero attached hydrogens (tertiary/aromatic N) is 2. The van der Waals surface area contributed by atoms with Gasteiger partial charge >= 0.3 is 12.1 Å². The highest BCUT2D eigenvalue weighted by Crippen LogP contribution is 2.35. The molecule has 2 aromatic rings. The van der Waals surface area contributed by atoms with Gasteiger partial charge in [0.2, 0.25) is 0 Å². The summed E-state index contributed by atoms with van der Waals surface area (Å²) in [5.74, 6) is -0.453. The van der Waals surface area contributed by atoms with E-state index in [1.54, 1.807) is 26.8 Å². The van der Waals surface area contributed by atoms with Gasteiger partial charge in [-0.1, -0.05) is 35.5 Å². The lowest BCUT2D eigenvalue weighted by atomic mass is 9.76. The third kappa shape index (κ3) is 4.52. The predicted octanol–water partition coefficient (Wildman–Crippen LogP) is 3.99. The highest BCUT2D eigenvalue weighted by Gasteiger charge is 2.45. The van der Waals surface area contributed by atoms with Gasteiger partial charge in [0.05, 0.1) is 5.41 Å². The van der Waals surface area contributed by atoms with Gasteiger partial charge in [0, 0.05) is 31.1 Å². The summed E-state index contributed by atoms with van der Waals surface area (Å²) in [7, 11) is 0. The highest BCUT2D eigenvalue weighted by molar-refractivity contribution is 5.77. The Morgan fingerprint density at radius 3 is 2.64 bits per heavy atom. The Hall–Kier alpha value is -2.83. The summed E-state index contributed by atoms with van der Waals surface area (Å²) in [6.07, 6.45) is 0.732. The van der Waals surface area contributed by atoms with Gasteiger partial charge < -0.3 is 19.3 Å². The van der Waals surface area contributed by atoms with Crippen molar-refractivity contribution in [1.29, 1.82) is 0 Å². The second kappa shape index (κ2) is 7.66. The molecule has 7 heteroatoms. The van der Waals surface area contributed by atoms with E-state index in [1.165, 1.54) is 4.90 Å². The van der Waals surface area contributed by atoms with E-state index in [2.05, 4.69) is 5.16 Å². The van der Waals surface area contributed by atoms with Gasteiger partial charge in [-0.15, -0.1) is 0 Å². The lowest BCUT2D eigenvalue weighted by Gasteiger charge is -2.39. The maximum Gasteiger partial charge on any atom is 0.410 e. The number of aliphatic carboxylic acids is 1. The number of carboxylic acid groups (broad SMARTS) is 1. The van der Waals surface area contributed by atoms with Crippen molar-refractivity contribution in [2.45, 2.75) is 45.6 Å². The van der Waals surface area contributed by atoms with Crippen molar-refractivity contribution in [3.05, 3.63) is 42.2 Å². The molecule has 28 heavy (non-hydrogen) atoms. The number of amides is 1. The lowest BCUT2D eigenvalue weighted by Crippen LogP contribution is -2.52. The van der Waals surface area contributed by atoms with Crippen LogP contribution < -0.4 is 0 Å². The molecule has 0 bridgehead atoms. The number of rotatable bonds is 4. The topological polar surface area (TPSA) is 92.9 Å². The molecule has 0 spiro atoms. The minimum Gasteiger partial charge on any atom is -0.481 e. The van der Waals surface area contributed by atoms with E-state index >= 15 is 0 Å². The van der Waals surface area contributed by atoms with Gasteiger partial charge in [-0.3, -0.25) is 4.79 Å². The maximum absolute atomic E-state index is 12.4. The Labute approximate surface area is 164 Å². The van der Waals surface area contributed by atoms with Crippen LogP contribution in [0.15, 0.2) is 40.9 Å². The molecule has 7 nitrogen and oxygen atoms in total. The molecule has 1 aliphatic rings. The Balaban J connectivity index is 1.78. The van der Waals surface area contributed by atoms with Crippen molar-refractivity contribution in [3.63, 3.8) is 0 Å². The molecule has 1 aliphatic heterocycles. The molecule has 1 N–H and O–H groups in total. The first-order chi connectivity index (χ1) is 13.2. The van der Waals surface area contributed by atoms with Crippen LogP contribution >= 0.6 is 0 Å². The maximum atomic E-state index is 12.4. The number of ether oxygens (including phenoxy) is 1. The quantitative estimate of drug-likeness (QED) is 0.854. The predicted molar refractivity (Wildman–Crippen MR) is 103 cm³/mol. The largest absolute Gasteiger partial charge is 0.481 e. The highest BCUT2D eigenvalue weighted by atomic mass is 16.6. The van der Waals surface area contributed by atoms with E-state index in [9.17, 15) is 14.7 Å². The summed E-state index contributed by atoms with van der Waals surface area (Å²) >= 11 is 0. The first-order valence-corrected chi connectivity index (χ1v) is 9.41. The molecule has 1 aromatic carbocycles. The number of benzene rings is 1. The SMILES string of the molecule is CC(C)(C)OC(=O)N1CCCC(Cc2cc(-c3ccccc3)no2)(C(=O)O)C1. The minimum atomic E-state index is -1.12. The first kappa shape index (κ1) is 19.9. The fourth-order valence-electron chi connectivity index (χ4n) is 3.48.